The van der Waals surface area contributed by atoms with Crippen molar-refractivity contribution in [2.75, 3.05) is 4.90 Å². The van der Waals surface area contributed by atoms with Crippen LogP contribution in [-0.4, -0.2) is 27.4 Å². The number of anilines is 1. The Morgan fingerprint density at radius 1 is 0.750 bits per heavy atom. The minimum absolute atomic E-state index is 0.159. The Bertz CT molecular complexity index is 1760. The molecule has 40 heavy (non-hydrogen) atoms. The lowest BCUT2D eigenvalue weighted by Gasteiger charge is -2.26. The van der Waals surface area contributed by atoms with Crippen molar-refractivity contribution in [2.45, 2.75) is 0 Å². The number of amides is 4. The summed E-state index contributed by atoms with van der Waals surface area (Å²) in [7, 11) is 0. The van der Waals surface area contributed by atoms with E-state index in [1.165, 1.54) is 6.20 Å². The smallest absolute Gasteiger partial charge is 0.309 e. The zero-order valence-electron chi connectivity index (χ0n) is 21.0. The molecule has 5 aromatic rings. The second-order valence-electron chi connectivity index (χ2n) is 9.05. The highest BCUT2D eigenvalue weighted by molar-refractivity contribution is 9.10. The highest BCUT2D eigenvalue weighted by atomic mass is 79.9. The number of nitrogens with zero attached hydrogens (tertiary/aromatic N) is 3. The van der Waals surface area contributed by atoms with Crippen LogP contribution in [0.25, 0.3) is 34.3 Å². The summed E-state index contributed by atoms with van der Waals surface area (Å²) in [5.74, 6) is -1.48. The monoisotopic (exact) mass is 588 g/mol. The van der Waals surface area contributed by atoms with Crippen LogP contribution in [0.5, 0.6) is 0 Å². The van der Waals surface area contributed by atoms with E-state index in [9.17, 15) is 14.4 Å². The lowest BCUT2D eigenvalue weighted by atomic mass is 10.0. The highest BCUT2D eigenvalue weighted by Crippen LogP contribution is 2.38. The van der Waals surface area contributed by atoms with Gasteiger partial charge in [-0.1, -0.05) is 76.6 Å². The minimum atomic E-state index is -0.819. The standard InChI is InChI=1S/C32H21BrN4O3/c33-24-13-15-25(16-14-24)36-28(21-8-3-1-4-9-21)19-23(29(36)22-10-5-2-6-11-22)18-27-30(38)35-32(40)37(31(27)39)26-12-7-17-34-20-26/h1-20H,(H,35,38,40)/b27-18-. The number of imide groups is 2. The molecule has 8 heteroatoms. The van der Waals surface area contributed by atoms with Gasteiger partial charge in [0.2, 0.25) is 0 Å². The topological polar surface area (TPSA) is 84.3 Å². The number of carbonyl (C=O) groups is 3. The molecular formula is C32H21BrN4O3. The van der Waals surface area contributed by atoms with Gasteiger partial charge in [0, 0.05) is 21.9 Å². The zero-order valence-corrected chi connectivity index (χ0v) is 22.6. The maximum atomic E-state index is 13.6. The van der Waals surface area contributed by atoms with Gasteiger partial charge >= 0.3 is 6.03 Å². The average molecular weight is 589 g/mol. The van der Waals surface area contributed by atoms with Crippen LogP contribution in [0.15, 0.2) is 126 Å². The number of aromatic nitrogens is 2. The van der Waals surface area contributed by atoms with Crippen LogP contribution in [0.4, 0.5) is 10.5 Å². The molecule has 1 aliphatic heterocycles. The Labute approximate surface area is 238 Å². The molecule has 1 fully saturated rings. The van der Waals surface area contributed by atoms with E-state index in [0.717, 1.165) is 37.6 Å². The number of carbonyl (C=O) groups excluding carboxylic acids is 3. The van der Waals surface area contributed by atoms with E-state index in [4.69, 9.17) is 0 Å². The summed E-state index contributed by atoms with van der Waals surface area (Å²) in [6.45, 7) is 0. The quantitative estimate of drug-likeness (QED) is 0.184. The normalized spacial score (nSPS) is 14.5. The summed E-state index contributed by atoms with van der Waals surface area (Å²) in [6.07, 6.45) is 4.50. The molecule has 3 aromatic carbocycles. The number of halogens is 1. The zero-order chi connectivity index (χ0) is 27.6. The Kier molecular flexibility index (Phi) is 6.67. The second-order valence-corrected chi connectivity index (χ2v) is 9.96. The summed E-state index contributed by atoms with van der Waals surface area (Å²) >= 11 is 3.52. The number of hydrogen-bond acceptors (Lipinski definition) is 4. The molecular weight excluding hydrogens is 568 g/mol. The molecule has 0 radical (unpaired) electrons. The van der Waals surface area contributed by atoms with Crippen LogP contribution in [0, 0.1) is 0 Å². The van der Waals surface area contributed by atoms with Crippen LogP contribution in [0.3, 0.4) is 0 Å². The van der Waals surface area contributed by atoms with Gasteiger partial charge in [-0.15, -0.1) is 0 Å². The first-order valence-electron chi connectivity index (χ1n) is 12.5. The third-order valence-corrected chi connectivity index (χ3v) is 7.07. The molecule has 0 spiro atoms. The molecule has 0 bridgehead atoms. The van der Waals surface area contributed by atoms with E-state index in [-0.39, 0.29) is 11.3 Å². The van der Waals surface area contributed by atoms with E-state index in [0.29, 0.717) is 5.56 Å². The van der Waals surface area contributed by atoms with Crippen molar-refractivity contribution < 1.29 is 14.4 Å². The van der Waals surface area contributed by atoms with Crippen molar-refractivity contribution in [3.63, 3.8) is 0 Å². The molecule has 7 nitrogen and oxygen atoms in total. The molecule has 194 valence electrons. The van der Waals surface area contributed by atoms with Gasteiger partial charge in [-0.3, -0.25) is 19.9 Å². The predicted molar refractivity (Wildman–Crippen MR) is 158 cm³/mol. The van der Waals surface area contributed by atoms with E-state index in [1.54, 1.807) is 24.4 Å². The number of barbiturate groups is 1. The van der Waals surface area contributed by atoms with Crippen molar-refractivity contribution in [1.29, 1.82) is 0 Å². The number of pyridine rings is 1. The molecule has 1 aliphatic rings. The lowest BCUT2D eigenvalue weighted by molar-refractivity contribution is -0.122. The van der Waals surface area contributed by atoms with Gasteiger partial charge in [0.15, 0.2) is 0 Å². The van der Waals surface area contributed by atoms with Crippen molar-refractivity contribution >= 4 is 45.5 Å². The van der Waals surface area contributed by atoms with E-state index < -0.39 is 17.8 Å². The fraction of sp³-hybridized carbons (Fsp3) is 0. The van der Waals surface area contributed by atoms with E-state index in [2.05, 4.69) is 30.8 Å². The maximum absolute atomic E-state index is 13.6. The summed E-state index contributed by atoms with van der Waals surface area (Å²) in [5.41, 5.74) is 5.17. The summed E-state index contributed by atoms with van der Waals surface area (Å²) in [6, 6.07) is 31.9. The fourth-order valence-corrected chi connectivity index (χ4v) is 5.01. The molecule has 2 aromatic heterocycles. The molecule has 0 unspecified atom stereocenters. The molecule has 0 aliphatic carbocycles. The number of nitrogens with one attached hydrogen (secondary N) is 1. The van der Waals surface area contributed by atoms with Crippen molar-refractivity contribution in [3.05, 3.63) is 131 Å². The Morgan fingerprint density at radius 2 is 1.43 bits per heavy atom. The van der Waals surface area contributed by atoms with Crippen LogP contribution >= 0.6 is 15.9 Å². The van der Waals surface area contributed by atoms with Crippen molar-refractivity contribution in [3.8, 4) is 28.2 Å². The number of benzene rings is 3. The van der Waals surface area contributed by atoms with Crippen LogP contribution < -0.4 is 10.2 Å². The third-order valence-electron chi connectivity index (χ3n) is 6.54. The fourth-order valence-electron chi connectivity index (χ4n) is 4.74. The number of rotatable bonds is 5. The molecule has 1 saturated heterocycles. The maximum Gasteiger partial charge on any atom is 0.336 e. The van der Waals surface area contributed by atoms with Gasteiger partial charge in [0.1, 0.15) is 5.57 Å². The largest absolute Gasteiger partial charge is 0.336 e. The first-order chi connectivity index (χ1) is 19.5. The average Bonchev–Trinajstić information content (AvgIpc) is 3.36. The van der Waals surface area contributed by atoms with E-state index >= 15 is 0 Å². The van der Waals surface area contributed by atoms with Gasteiger partial charge in [-0.25, -0.2) is 9.69 Å². The van der Waals surface area contributed by atoms with Gasteiger partial charge < -0.3 is 4.57 Å². The molecule has 3 heterocycles. The second kappa shape index (κ2) is 10.6. The van der Waals surface area contributed by atoms with Crippen LogP contribution in [0.2, 0.25) is 0 Å². The minimum Gasteiger partial charge on any atom is -0.309 e. The predicted octanol–water partition coefficient (Wildman–Crippen LogP) is 6.64. The van der Waals surface area contributed by atoms with Gasteiger partial charge in [-0.05, 0) is 59.7 Å². The SMILES string of the molecule is O=C1NC(=O)N(c2cccnc2)C(=O)/C1=C\c1cc(-c2ccccc2)n(-c2ccc(Br)cc2)c1-c1ccccc1. The highest BCUT2D eigenvalue weighted by Gasteiger charge is 2.37. The summed E-state index contributed by atoms with van der Waals surface area (Å²) in [4.78, 5) is 44.2. The van der Waals surface area contributed by atoms with Crippen LogP contribution in [0.1, 0.15) is 5.56 Å². The Balaban J connectivity index is 1.60. The van der Waals surface area contributed by atoms with Crippen molar-refractivity contribution in [1.82, 2.24) is 14.9 Å². The first-order valence-corrected chi connectivity index (χ1v) is 13.2. The summed E-state index contributed by atoms with van der Waals surface area (Å²) < 4.78 is 3.05. The summed E-state index contributed by atoms with van der Waals surface area (Å²) in [5, 5.41) is 2.30. The molecule has 1 N–H and O–H groups in total. The molecule has 0 atom stereocenters. The molecule has 6 rings (SSSR count). The Hall–Kier alpha value is -5.08. The number of urea groups is 1. The molecule has 4 amide bonds. The molecule has 0 saturated carbocycles. The Morgan fingerprint density at radius 3 is 2.08 bits per heavy atom. The lowest BCUT2D eigenvalue weighted by Crippen LogP contribution is -2.54. The first kappa shape index (κ1) is 25.2. The number of hydrogen-bond donors (Lipinski definition) is 1. The third kappa shape index (κ3) is 4.65. The van der Waals surface area contributed by atoms with Gasteiger partial charge in [0.05, 0.1) is 23.3 Å². The van der Waals surface area contributed by atoms with E-state index in [1.807, 2.05) is 91.0 Å². The van der Waals surface area contributed by atoms with Gasteiger partial charge in [0.25, 0.3) is 11.8 Å². The van der Waals surface area contributed by atoms with Crippen molar-refractivity contribution in [2.24, 2.45) is 0 Å². The van der Waals surface area contributed by atoms with Gasteiger partial charge in [-0.2, -0.15) is 0 Å². The van der Waals surface area contributed by atoms with Crippen LogP contribution in [-0.2, 0) is 9.59 Å².